The molecule has 0 aliphatic heterocycles. The summed E-state index contributed by atoms with van der Waals surface area (Å²) in [5.74, 6) is -0.197. The van der Waals surface area contributed by atoms with Crippen molar-refractivity contribution in [3.05, 3.63) is 33.9 Å². The number of H-pyrrole nitrogens is 1. The maximum Gasteiger partial charge on any atom is 0.272 e. The number of hydrogen-bond donors (Lipinski definition) is 2. The van der Waals surface area contributed by atoms with E-state index in [1.165, 1.54) is 29.6 Å². The Labute approximate surface area is 117 Å². The van der Waals surface area contributed by atoms with Gasteiger partial charge in [0.2, 0.25) is 0 Å². The van der Waals surface area contributed by atoms with Crippen LogP contribution in [0.4, 0.5) is 0 Å². The average molecular weight is 276 g/mol. The van der Waals surface area contributed by atoms with E-state index < -0.39 is 0 Å². The molecule has 1 amide bonds. The summed E-state index contributed by atoms with van der Waals surface area (Å²) < 4.78 is 1.28. The molecule has 0 unspecified atom stereocenters. The average Bonchev–Trinajstić information content (AvgIpc) is 2.82. The van der Waals surface area contributed by atoms with Gasteiger partial charge in [0.1, 0.15) is 5.56 Å². The van der Waals surface area contributed by atoms with Crippen LogP contribution in [-0.2, 0) is 0 Å². The highest BCUT2D eigenvalue weighted by atomic mass is 16.2. The van der Waals surface area contributed by atoms with Crippen LogP contribution in [0.1, 0.15) is 48.7 Å². The zero-order valence-corrected chi connectivity index (χ0v) is 11.9. The molecule has 0 fully saturated rings. The van der Waals surface area contributed by atoms with Crippen LogP contribution < -0.4 is 10.9 Å². The summed E-state index contributed by atoms with van der Waals surface area (Å²) in [6, 6.07) is 1.43. The molecule has 6 nitrogen and oxygen atoms in total. The van der Waals surface area contributed by atoms with Crippen molar-refractivity contribution in [2.45, 2.75) is 39.5 Å². The molecular formula is C14H20N4O2. The van der Waals surface area contributed by atoms with E-state index >= 15 is 0 Å². The van der Waals surface area contributed by atoms with Crippen LogP contribution in [0.15, 0.2) is 17.1 Å². The second-order valence-electron chi connectivity index (χ2n) is 4.90. The highest BCUT2D eigenvalue weighted by Crippen LogP contribution is 2.06. The van der Waals surface area contributed by atoms with Crippen molar-refractivity contribution in [3.8, 4) is 0 Å². The Hall–Kier alpha value is -2.11. The van der Waals surface area contributed by atoms with Crippen molar-refractivity contribution in [1.82, 2.24) is 19.9 Å². The van der Waals surface area contributed by atoms with E-state index in [2.05, 4.69) is 22.3 Å². The van der Waals surface area contributed by atoms with Crippen molar-refractivity contribution in [1.29, 1.82) is 0 Å². The minimum Gasteiger partial charge on any atom is -0.352 e. The van der Waals surface area contributed by atoms with E-state index in [1.807, 2.05) is 0 Å². The van der Waals surface area contributed by atoms with E-state index in [-0.39, 0.29) is 11.5 Å². The fourth-order valence-corrected chi connectivity index (χ4v) is 2.11. The molecule has 2 rings (SSSR count). The third-order valence-electron chi connectivity index (χ3n) is 3.19. The molecule has 2 N–H and O–H groups in total. The monoisotopic (exact) mass is 276 g/mol. The molecule has 0 spiro atoms. The fraction of sp³-hybridized carbons (Fsp3) is 0.500. The summed E-state index contributed by atoms with van der Waals surface area (Å²) in [5.41, 5.74) is 1.17. The van der Waals surface area contributed by atoms with Crippen molar-refractivity contribution in [2.24, 2.45) is 0 Å². The molecule has 6 heteroatoms. The smallest absolute Gasteiger partial charge is 0.272 e. The van der Waals surface area contributed by atoms with Crippen LogP contribution in [0.3, 0.4) is 0 Å². The third-order valence-corrected chi connectivity index (χ3v) is 3.19. The first-order valence-corrected chi connectivity index (χ1v) is 6.99. The number of nitrogens with zero attached hydrogens (tertiary/aromatic N) is 2. The molecule has 2 heterocycles. The van der Waals surface area contributed by atoms with Gasteiger partial charge < -0.3 is 5.32 Å². The van der Waals surface area contributed by atoms with Crippen LogP contribution in [0.25, 0.3) is 5.65 Å². The minimum atomic E-state index is -0.213. The second kappa shape index (κ2) is 6.36. The number of aromatic amines is 1. The van der Waals surface area contributed by atoms with Gasteiger partial charge in [-0.2, -0.15) is 0 Å². The summed E-state index contributed by atoms with van der Waals surface area (Å²) >= 11 is 0. The number of carbonyl (C=O) groups is 1. The molecule has 0 aromatic carbocycles. The molecule has 0 aliphatic rings. The van der Waals surface area contributed by atoms with Gasteiger partial charge in [-0.3, -0.25) is 14.7 Å². The van der Waals surface area contributed by atoms with Gasteiger partial charge in [0.25, 0.3) is 11.5 Å². The quantitative estimate of drug-likeness (QED) is 0.787. The molecule has 108 valence electrons. The highest BCUT2D eigenvalue weighted by molar-refractivity contribution is 5.99. The van der Waals surface area contributed by atoms with Crippen LogP contribution in [0.2, 0.25) is 0 Å². The topological polar surface area (TPSA) is 79.3 Å². The van der Waals surface area contributed by atoms with E-state index in [1.54, 1.807) is 6.92 Å². The molecule has 2 aromatic heterocycles. The Bertz CT molecular complexity index is 657. The number of hydrogen-bond acceptors (Lipinski definition) is 3. The minimum absolute atomic E-state index is 0.197. The lowest BCUT2D eigenvalue weighted by Gasteiger charge is -2.03. The molecule has 0 atom stereocenters. The first kappa shape index (κ1) is 14.3. The summed E-state index contributed by atoms with van der Waals surface area (Å²) in [4.78, 5) is 28.1. The van der Waals surface area contributed by atoms with E-state index in [0.717, 1.165) is 12.8 Å². The van der Waals surface area contributed by atoms with Crippen LogP contribution in [0.5, 0.6) is 0 Å². The Balaban J connectivity index is 2.09. The van der Waals surface area contributed by atoms with Crippen molar-refractivity contribution in [3.63, 3.8) is 0 Å². The van der Waals surface area contributed by atoms with Crippen LogP contribution >= 0.6 is 0 Å². The second-order valence-corrected chi connectivity index (χ2v) is 4.90. The largest absolute Gasteiger partial charge is 0.352 e. The van der Waals surface area contributed by atoms with E-state index in [0.29, 0.717) is 23.4 Å². The van der Waals surface area contributed by atoms with E-state index in [9.17, 15) is 9.59 Å². The lowest BCUT2D eigenvalue weighted by atomic mass is 10.2. The summed E-state index contributed by atoms with van der Waals surface area (Å²) in [6.07, 6.45) is 5.95. The van der Waals surface area contributed by atoms with Crippen LogP contribution in [-0.4, -0.2) is 27.0 Å². The van der Waals surface area contributed by atoms with Gasteiger partial charge in [-0.05, 0) is 13.3 Å². The zero-order chi connectivity index (χ0) is 14.5. The van der Waals surface area contributed by atoms with Crippen molar-refractivity contribution >= 4 is 11.6 Å². The van der Waals surface area contributed by atoms with Gasteiger partial charge in [-0.15, -0.1) is 0 Å². The first-order valence-electron chi connectivity index (χ1n) is 6.99. The molecule has 20 heavy (non-hydrogen) atoms. The molecule has 2 aromatic rings. The molecule has 0 saturated heterocycles. The van der Waals surface area contributed by atoms with Gasteiger partial charge in [0.15, 0.2) is 5.65 Å². The summed E-state index contributed by atoms with van der Waals surface area (Å²) in [5, 5.41) is 5.62. The van der Waals surface area contributed by atoms with Crippen molar-refractivity contribution < 1.29 is 4.79 Å². The van der Waals surface area contributed by atoms with Gasteiger partial charge in [0, 0.05) is 24.5 Å². The molecular weight excluding hydrogens is 256 g/mol. The zero-order valence-electron chi connectivity index (χ0n) is 11.9. The Morgan fingerprint density at radius 2 is 2.20 bits per heavy atom. The maximum atomic E-state index is 12.1. The number of carbonyl (C=O) groups excluding carboxylic acids is 1. The molecule has 0 bridgehead atoms. The lowest BCUT2D eigenvalue weighted by molar-refractivity contribution is 0.0954. The van der Waals surface area contributed by atoms with Gasteiger partial charge in [-0.25, -0.2) is 9.50 Å². The van der Waals surface area contributed by atoms with E-state index in [4.69, 9.17) is 0 Å². The molecule has 0 aliphatic carbocycles. The lowest BCUT2D eigenvalue weighted by Crippen LogP contribution is -2.25. The molecule has 0 saturated carbocycles. The van der Waals surface area contributed by atoms with Crippen LogP contribution in [0, 0.1) is 6.92 Å². The third kappa shape index (κ3) is 3.07. The highest BCUT2D eigenvalue weighted by Gasteiger charge is 2.14. The standard InChI is InChI=1S/C14H20N4O2/c1-3-4-5-6-7-15-14(20)11-9-16-18-12(19)8-10(2)17-13(11)18/h8-9,16H,3-7H2,1-2H3,(H,15,20). The fourth-order valence-electron chi connectivity index (χ4n) is 2.11. The maximum absolute atomic E-state index is 12.1. The number of unbranched alkanes of at least 4 members (excludes halogenated alkanes) is 3. The number of aryl methyl sites for hydroxylation is 1. The molecule has 0 radical (unpaired) electrons. The Kier molecular flexibility index (Phi) is 4.55. The Morgan fingerprint density at radius 3 is 2.95 bits per heavy atom. The van der Waals surface area contributed by atoms with Gasteiger partial charge in [0.05, 0.1) is 0 Å². The van der Waals surface area contributed by atoms with Gasteiger partial charge >= 0.3 is 0 Å². The summed E-state index contributed by atoms with van der Waals surface area (Å²) in [6.45, 7) is 4.53. The van der Waals surface area contributed by atoms with Gasteiger partial charge in [-0.1, -0.05) is 26.2 Å². The predicted molar refractivity (Wildman–Crippen MR) is 77.0 cm³/mol. The first-order chi connectivity index (χ1) is 9.63. The predicted octanol–water partition coefficient (Wildman–Crippen LogP) is 1.64. The number of nitrogens with one attached hydrogen (secondary N) is 2. The van der Waals surface area contributed by atoms with Crippen molar-refractivity contribution in [2.75, 3.05) is 6.54 Å². The number of amides is 1. The normalized spacial score (nSPS) is 10.9. The Morgan fingerprint density at radius 1 is 1.40 bits per heavy atom. The number of aromatic nitrogens is 3. The number of fused-ring (bicyclic) bond motifs is 1. The SMILES string of the molecule is CCCCCCNC(=O)c1c[nH]n2c(=O)cc(C)nc12. The number of rotatable bonds is 6. The summed E-state index contributed by atoms with van der Waals surface area (Å²) in [7, 11) is 0.